The molecular weight excluding hydrogens is 394 g/mol. The lowest BCUT2D eigenvalue weighted by Gasteiger charge is -2.27. The molecule has 1 spiro atoms. The third-order valence-electron chi connectivity index (χ3n) is 7.68. The van der Waals surface area contributed by atoms with Gasteiger partial charge in [0.25, 0.3) is 5.71 Å². The van der Waals surface area contributed by atoms with Crippen molar-refractivity contribution >= 4 is 29.1 Å². The Morgan fingerprint density at radius 1 is 1.26 bits per heavy atom. The second kappa shape index (κ2) is 7.43. The Balaban J connectivity index is 1.22. The number of aromatic nitrogens is 1. The van der Waals surface area contributed by atoms with Gasteiger partial charge >= 0.3 is 0 Å². The van der Waals surface area contributed by atoms with Gasteiger partial charge in [-0.25, -0.2) is 4.98 Å². The van der Waals surface area contributed by atoms with Crippen LogP contribution in [0.4, 0.5) is 5.82 Å². The lowest BCUT2D eigenvalue weighted by molar-refractivity contribution is -0.138. The predicted octanol–water partition coefficient (Wildman–Crippen LogP) is 0.0690. The summed E-state index contributed by atoms with van der Waals surface area (Å²) in [5, 5.41) is 12.2. The van der Waals surface area contributed by atoms with E-state index < -0.39 is 0 Å². The summed E-state index contributed by atoms with van der Waals surface area (Å²) >= 11 is 0. The molecule has 31 heavy (non-hydrogen) atoms. The number of Topliss-reactive ketones (excluding diaryl/α,β-unsaturated/α-hetero) is 1. The number of nitrogens with zero attached hydrogens (tertiary/aromatic N) is 2. The minimum absolute atomic E-state index is 0.00186. The molecule has 4 atom stereocenters. The minimum Gasteiger partial charge on any atom is -0.360 e. The van der Waals surface area contributed by atoms with Gasteiger partial charge in [0.2, 0.25) is 17.6 Å². The van der Waals surface area contributed by atoms with Crippen LogP contribution >= 0.6 is 0 Å². The second-order valence-electron chi connectivity index (χ2n) is 9.67. The van der Waals surface area contributed by atoms with Gasteiger partial charge in [0.05, 0.1) is 12.1 Å². The highest BCUT2D eigenvalue weighted by molar-refractivity contribution is 6.43. The van der Waals surface area contributed by atoms with E-state index >= 15 is 0 Å². The third-order valence-corrected chi connectivity index (χ3v) is 7.68. The van der Waals surface area contributed by atoms with E-state index in [1.807, 2.05) is 0 Å². The Bertz CT molecular complexity index is 954. The molecule has 0 bridgehead atoms. The molecule has 4 aliphatic rings. The van der Waals surface area contributed by atoms with Crippen LogP contribution in [0.25, 0.3) is 0 Å². The molecule has 164 valence electrons. The Morgan fingerprint density at radius 3 is 2.77 bits per heavy atom. The number of fused-ring (bicyclic) bond motifs is 1. The number of pyridine rings is 1. The van der Waals surface area contributed by atoms with Crippen LogP contribution in [-0.2, 0) is 14.4 Å². The van der Waals surface area contributed by atoms with Gasteiger partial charge in [-0.3, -0.25) is 19.8 Å². The Kier molecular flexibility index (Phi) is 4.83. The number of carbonyl (C=O) groups is 3. The molecule has 4 fully saturated rings. The van der Waals surface area contributed by atoms with Crippen molar-refractivity contribution in [3.63, 3.8) is 0 Å². The van der Waals surface area contributed by atoms with E-state index in [0.29, 0.717) is 22.7 Å². The first-order chi connectivity index (χ1) is 14.9. The van der Waals surface area contributed by atoms with Gasteiger partial charge in [0.1, 0.15) is 11.9 Å². The molecule has 8 nitrogen and oxygen atoms in total. The zero-order chi connectivity index (χ0) is 21.8. The van der Waals surface area contributed by atoms with Crippen LogP contribution in [0, 0.1) is 11.3 Å². The van der Waals surface area contributed by atoms with Gasteiger partial charge in [0, 0.05) is 25.2 Å². The van der Waals surface area contributed by atoms with Crippen LogP contribution in [-0.4, -0.2) is 57.9 Å². The van der Waals surface area contributed by atoms with Crippen molar-refractivity contribution in [1.82, 2.24) is 15.2 Å². The number of piperidine rings is 1. The summed E-state index contributed by atoms with van der Waals surface area (Å²) in [6, 6.07) is 3.48. The highest BCUT2D eigenvalue weighted by Crippen LogP contribution is 2.58. The third kappa shape index (κ3) is 3.62. The monoisotopic (exact) mass is 424 g/mol. The first kappa shape index (κ1) is 20.2. The quantitative estimate of drug-likeness (QED) is 0.536. The summed E-state index contributed by atoms with van der Waals surface area (Å²) in [4.78, 5) is 43.8. The lowest BCUT2D eigenvalue weighted by atomic mass is 10.0. The topological polar surface area (TPSA) is 117 Å². The largest absolute Gasteiger partial charge is 0.360 e. The number of likely N-dealkylation sites (tertiary alicyclic amines) is 1. The van der Waals surface area contributed by atoms with Crippen LogP contribution in [0.15, 0.2) is 18.3 Å². The molecule has 1 aliphatic heterocycles. The van der Waals surface area contributed by atoms with E-state index in [-0.39, 0.29) is 48.0 Å². The molecule has 5 rings (SSSR count). The van der Waals surface area contributed by atoms with Gasteiger partial charge in [-0.1, -0.05) is 12.8 Å². The van der Waals surface area contributed by atoms with Crippen molar-refractivity contribution in [3.05, 3.63) is 23.9 Å². The predicted molar refractivity (Wildman–Crippen MR) is 114 cm³/mol. The summed E-state index contributed by atoms with van der Waals surface area (Å²) in [6.07, 6.45) is 9.35. The van der Waals surface area contributed by atoms with Crippen molar-refractivity contribution < 1.29 is 19.8 Å². The maximum Gasteiger partial charge on any atom is 0.250 e. The van der Waals surface area contributed by atoms with Crippen LogP contribution in [0.3, 0.4) is 0 Å². The van der Waals surface area contributed by atoms with Crippen molar-refractivity contribution in [2.75, 3.05) is 11.9 Å². The van der Waals surface area contributed by atoms with Crippen molar-refractivity contribution in [2.24, 2.45) is 11.3 Å². The van der Waals surface area contributed by atoms with Crippen molar-refractivity contribution in [1.29, 1.82) is 0 Å². The number of nitrogens with one attached hydrogen (secondary N) is 2. The number of carbonyl (C=O) groups excluding carboxylic acids is 3. The fraction of sp³-hybridized carbons (Fsp3) is 0.609. The Hall–Kier alpha value is -2.77. The maximum atomic E-state index is 13.1. The molecule has 3 saturated carbocycles. The number of hydrogen-bond acceptors (Lipinski definition) is 5. The summed E-state index contributed by atoms with van der Waals surface area (Å²) in [5.41, 5.74) is 0.934. The molecule has 2 amide bonds. The smallest absolute Gasteiger partial charge is 0.250 e. The maximum absolute atomic E-state index is 13.1. The first-order valence-electron chi connectivity index (χ1n) is 11.3. The van der Waals surface area contributed by atoms with Crippen LogP contribution in [0.5, 0.6) is 0 Å². The van der Waals surface area contributed by atoms with Crippen LogP contribution < -0.4 is 16.0 Å². The van der Waals surface area contributed by atoms with E-state index in [1.54, 1.807) is 23.2 Å². The second-order valence-corrected chi connectivity index (χ2v) is 9.67. The fourth-order valence-corrected chi connectivity index (χ4v) is 5.70. The SMILES string of the molecule is CC(=O)C(=[NH2+])c1cccnc1NCC(=O)N1[C@H](C(=O)NC2CC23CCCC3)CC2C[C@@H]21. The van der Waals surface area contributed by atoms with E-state index in [1.165, 1.54) is 32.6 Å². The Morgan fingerprint density at radius 2 is 2.03 bits per heavy atom. The number of amides is 2. The van der Waals surface area contributed by atoms with Crippen molar-refractivity contribution in [3.8, 4) is 0 Å². The van der Waals surface area contributed by atoms with E-state index in [9.17, 15) is 14.4 Å². The van der Waals surface area contributed by atoms with Gasteiger partial charge in [-0.15, -0.1) is 0 Å². The zero-order valence-electron chi connectivity index (χ0n) is 17.9. The standard InChI is InChI=1S/C23H29N5O3/c1-13(29)20(24)15-5-4-8-25-21(15)26-12-19(30)28-16-9-14(16)10-17(28)22(31)27-18-11-23(18)6-2-3-7-23/h4-5,8,14,16-18,24H,2-3,6-7,9-12H2,1H3,(H,25,26)(H,27,31)/p+1/t14?,16-,17-,18?/m0/s1. The number of nitrogens with two attached hydrogens (primary N) is 1. The van der Waals surface area contributed by atoms with E-state index in [2.05, 4.69) is 15.6 Å². The number of hydrogen-bond donors (Lipinski definition) is 3. The average Bonchev–Trinajstić information content (AvgIpc) is 3.53. The first-order valence-corrected chi connectivity index (χ1v) is 11.3. The highest BCUT2D eigenvalue weighted by atomic mass is 16.2. The number of ketones is 1. The molecular formula is C23H30N5O3+. The fourth-order valence-electron chi connectivity index (χ4n) is 5.70. The zero-order valence-corrected chi connectivity index (χ0v) is 17.9. The normalized spacial score (nSPS) is 29.4. The molecule has 1 aromatic rings. The molecule has 0 radical (unpaired) electrons. The molecule has 1 saturated heterocycles. The Labute approximate surface area is 181 Å². The molecule has 0 aromatic carbocycles. The lowest BCUT2D eigenvalue weighted by Crippen LogP contribution is -2.50. The van der Waals surface area contributed by atoms with E-state index in [0.717, 1.165) is 19.3 Å². The molecule has 1 aromatic heterocycles. The summed E-state index contributed by atoms with van der Waals surface area (Å²) in [5.74, 6) is 0.472. The highest BCUT2D eigenvalue weighted by Gasteiger charge is 2.59. The average molecular weight is 425 g/mol. The van der Waals surface area contributed by atoms with Gasteiger partial charge in [-0.2, -0.15) is 0 Å². The summed E-state index contributed by atoms with van der Waals surface area (Å²) < 4.78 is 0. The van der Waals surface area contributed by atoms with Gasteiger partial charge in [0.15, 0.2) is 0 Å². The van der Waals surface area contributed by atoms with Crippen molar-refractivity contribution in [2.45, 2.75) is 70.0 Å². The molecule has 2 heterocycles. The molecule has 8 heteroatoms. The minimum atomic E-state index is -0.380. The number of rotatable bonds is 7. The molecule has 3 aliphatic carbocycles. The number of anilines is 1. The molecule has 4 N–H and O–H groups in total. The van der Waals surface area contributed by atoms with Crippen LogP contribution in [0.2, 0.25) is 0 Å². The summed E-state index contributed by atoms with van der Waals surface area (Å²) in [7, 11) is 0. The van der Waals surface area contributed by atoms with Crippen LogP contribution in [0.1, 0.15) is 57.4 Å². The summed E-state index contributed by atoms with van der Waals surface area (Å²) in [6.45, 7) is 1.41. The van der Waals surface area contributed by atoms with E-state index in [4.69, 9.17) is 5.41 Å². The van der Waals surface area contributed by atoms with Gasteiger partial charge in [-0.05, 0) is 55.6 Å². The molecule has 2 unspecified atom stereocenters. The van der Waals surface area contributed by atoms with Gasteiger partial charge < -0.3 is 15.5 Å².